The van der Waals surface area contributed by atoms with Gasteiger partial charge in [0.05, 0.1) is 11.4 Å². The van der Waals surface area contributed by atoms with Gasteiger partial charge in [-0.1, -0.05) is 25.5 Å². The van der Waals surface area contributed by atoms with E-state index in [4.69, 9.17) is 0 Å². The van der Waals surface area contributed by atoms with Crippen LogP contribution in [0.1, 0.15) is 21.5 Å². The number of aromatic nitrogens is 4. The third-order valence-corrected chi connectivity index (χ3v) is 8.12. The standard InChI is InChI=1S/C27H23F5N6O2S/c1-17-4-5-21(12-24(17)37-7-8-38-25(37)13-23(36-38)18-3-2-6-33-14-18)35-26(39)19-9-20(27(40)15-34-16-27)11-22(10-19)41(28,29,30,31)32/h2-14,34,40H,15-16H2,1H3,(H,35,39). The van der Waals surface area contributed by atoms with E-state index in [9.17, 15) is 29.3 Å². The number of pyridine rings is 1. The van der Waals surface area contributed by atoms with Crippen LogP contribution < -0.4 is 10.6 Å². The minimum atomic E-state index is -10.2. The summed E-state index contributed by atoms with van der Waals surface area (Å²) in [4.78, 5) is 15.0. The molecule has 6 rings (SSSR count). The monoisotopic (exact) mass is 590 g/mol. The SMILES string of the molecule is Cc1ccc(NC(=O)c2cc(C3(O)CNC3)cc(S(F)(F)(F)(F)F)c2)cc1-n1ccn2nc(-c3cccnc3)cc12. The molecule has 0 atom stereocenters. The lowest BCUT2D eigenvalue weighted by Crippen LogP contribution is -2.56. The molecule has 214 valence electrons. The molecule has 1 aliphatic heterocycles. The number of hydrogen-bond acceptors (Lipinski definition) is 5. The van der Waals surface area contributed by atoms with Crippen molar-refractivity contribution in [1.82, 2.24) is 24.5 Å². The summed E-state index contributed by atoms with van der Waals surface area (Å²) in [6.45, 7) is 1.57. The second-order valence-electron chi connectivity index (χ2n) is 10.0. The summed E-state index contributed by atoms with van der Waals surface area (Å²) in [7, 11) is -10.2. The highest BCUT2D eigenvalue weighted by atomic mass is 32.5. The van der Waals surface area contributed by atoms with Crippen molar-refractivity contribution >= 4 is 27.5 Å². The minimum absolute atomic E-state index is 0.118. The Morgan fingerprint density at radius 2 is 1.83 bits per heavy atom. The summed E-state index contributed by atoms with van der Waals surface area (Å²) >= 11 is 0. The van der Waals surface area contributed by atoms with Gasteiger partial charge in [-0.15, -0.1) is 0 Å². The molecule has 8 nitrogen and oxygen atoms in total. The van der Waals surface area contributed by atoms with Crippen molar-refractivity contribution in [1.29, 1.82) is 0 Å². The van der Waals surface area contributed by atoms with Crippen LogP contribution in [0.25, 0.3) is 22.6 Å². The fourth-order valence-corrected chi connectivity index (χ4v) is 5.38. The molecule has 0 spiro atoms. The maximum atomic E-state index is 13.8. The number of carbonyl (C=O) groups excluding carboxylic acids is 1. The number of nitrogens with zero attached hydrogens (tertiary/aromatic N) is 4. The lowest BCUT2D eigenvalue weighted by Gasteiger charge is -2.43. The molecule has 14 heteroatoms. The van der Waals surface area contributed by atoms with Gasteiger partial charge in [0.2, 0.25) is 0 Å². The van der Waals surface area contributed by atoms with Gasteiger partial charge < -0.3 is 15.7 Å². The van der Waals surface area contributed by atoms with Crippen molar-refractivity contribution in [2.24, 2.45) is 0 Å². The molecule has 1 aliphatic rings. The topological polar surface area (TPSA) is 96.5 Å². The third-order valence-electron chi connectivity index (χ3n) is 6.99. The van der Waals surface area contributed by atoms with Gasteiger partial charge in [-0.25, -0.2) is 4.52 Å². The third kappa shape index (κ3) is 5.05. The Balaban J connectivity index is 1.35. The van der Waals surface area contributed by atoms with E-state index in [2.05, 4.69) is 20.7 Å². The van der Waals surface area contributed by atoms with E-state index < -0.39 is 37.8 Å². The Hall–Kier alpha value is -4.27. The molecule has 41 heavy (non-hydrogen) atoms. The van der Waals surface area contributed by atoms with Crippen LogP contribution in [0, 0.1) is 6.92 Å². The van der Waals surface area contributed by atoms with Crippen molar-refractivity contribution in [2.45, 2.75) is 17.4 Å². The molecular weight excluding hydrogens is 567 g/mol. The number of fused-ring (bicyclic) bond motifs is 1. The maximum absolute atomic E-state index is 13.8. The molecule has 5 aromatic rings. The number of aryl methyl sites for hydroxylation is 1. The van der Waals surface area contributed by atoms with E-state index in [1.54, 1.807) is 53.6 Å². The van der Waals surface area contributed by atoms with Gasteiger partial charge in [0.1, 0.15) is 16.1 Å². The summed E-state index contributed by atoms with van der Waals surface area (Å²) < 4.78 is 72.3. The summed E-state index contributed by atoms with van der Waals surface area (Å²) in [6, 6.07) is 11.7. The van der Waals surface area contributed by atoms with Gasteiger partial charge in [-0.05, 0) is 60.5 Å². The number of hydrogen-bond donors (Lipinski definition) is 3. The van der Waals surface area contributed by atoms with Crippen LogP contribution in [0.4, 0.5) is 25.1 Å². The number of benzene rings is 2. The number of halogens is 5. The lowest BCUT2D eigenvalue weighted by molar-refractivity contribution is -0.0149. The van der Waals surface area contributed by atoms with E-state index in [1.807, 2.05) is 23.6 Å². The first-order valence-corrected chi connectivity index (χ1v) is 14.3. The van der Waals surface area contributed by atoms with Crippen molar-refractivity contribution in [3.8, 4) is 16.9 Å². The molecule has 1 fully saturated rings. The Morgan fingerprint density at radius 3 is 2.49 bits per heavy atom. The molecule has 0 saturated carbocycles. The molecule has 4 heterocycles. The Bertz CT molecular complexity index is 1830. The van der Waals surface area contributed by atoms with Crippen LogP contribution in [0.2, 0.25) is 0 Å². The maximum Gasteiger partial charge on any atom is 0.310 e. The molecule has 0 radical (unpaired) electrons. The Morgan fingerprint density at radius 1 is 1.05 bits per heavy atom. The summed E-state index contributed by atoms with van der Waals surface area (Å²) in [5.41, 5.74) is 1.00. The van der Waals surface area contributed by atoms with Gasteiger partial charge in [0, 0.05) is 60.8 Å². The number of nitrogens with one attached hydrogen (secondary N) is 2. The van der Waals surface area contributed by atoms with Gasteiger partial charge in [-0.2, -0.15) is 5.10 Å². The van der Waals surface area contributed by atoms with Gasteiger partial charge in [0.25, 0.3) is 5.91 Å². The summed E-state index contributed by atoms with van der Waals surface area (Å²) in [6.07, 6.45) is 6.85. The fourth-order valence-electron chi connectivity index (χ4n) is 4.68. The van der Waals surface area contributed by atoms with Crippen molar-refractivity contribution in [3.63, 3.8) is 0 Å². The number of anilines is 1. The summed E-state index contributed by atoms with van der Waals surface area (Å²) in [5.74, 6) is -1.04. The second kappa shape index (κ2) is 8.38. The number of amides is 1. The zero-order valence-electron chi connectivity index (χ0n) is 21.4. The Kier molecular flexibility index (Phi) is 5.50. The number of carbonyl (C=O) groups is 1. The van der Waals surface area contributed by atoms with Crippen LogP contribution in [0.15, 0.2) is 84.3 Å². The molecule has 3 aromatic heterocycles. The van der Waals surface area contributed by atoms with E-state index in [0.29, 0.717) is 17.0 Å². The predicted molar refractivity (Wildman–Crippen MR) is 145 cm³/mol. The Labute approximate surface area is 230 Å². The number of imidazole rings is 1. The van der Waals surface area contributed by atoms with E-state index in [-0.39, 0.29) is 30.9 Å². The highest BCUT2D eigenvalue weighted by molar-refractivity contribution is 8.45. The smallest absolute Gasteiger partial charge is 0.310 e. The molecular formula is C27H23F5N6O2S. The second-order valence-corrected chi connectivity index (χ2v) is 12.5. The first-order valence-electron chi connectivity index (χ1n) is 12.3. The van der Waals surface area contributed by atoms with E-state index >= 15 is 0 Å². The lowest BCUT2D eigenvalue weighted by atomic mass is 9.87. The summed E-state index contributed by atoms with van der Waals surface area (Å²) in [5, 5.41) is 20.3. The normalized spacial score (nSPS) is 16.6. The minimum Gasteiger partial charge on any atom is -0.382 e. The van der Waals surface area contributed by atoms with E-state index in [1.165, 1.54) is 0 Å². The quantitative estimate of drug-likeness (QED) is 0.205. The average Bonchev–Trinajstić information content (AvgIpc) is 3.49. The molecule has 1 amide bonds. The van der Waals surface area contributed by atoms with Crippen molar-refractivity contribution in [3.05, 3.63) is 96.1 Å². The zero-order valence-corrected chi connectivity index (χ0v) is 22.2. The molecule has 0 unspecified atom stereocenters. The van der Waals surface area contributed by atoms with Gasteiger partial charge in [-0.3, -0.25) is 14.3 Å². The van der Waals surface area contributed by atoms with Crippen LogP contribution in [-0.4, -0.2) is 43.3 Å². The molecule has 1 saturated heterocycles. The average molecular weight is 591 g/mol. The first-order chi connectivity index (χ1) is 19.1. The van der Waals surface area contributed by atoms with Crippen LogP contribution >= 0.6 is 10.2 Å². The molecule has 2 aromatic carbocycles. The number of rotatable bonds is 6. The van der Waals surface area contributed by atoms with Crippen LogP contribution in [0.3, 0.4) is 0 Å². The fraction of sp³-hybridized carbons (Fsp3) is 0.148. The van der Waals surface area contributed by atoms with Crippen LogP contribution in [-0.2, 0) is 5.60 Å². The van der Waals surface area contributed by atoms with Crippen molar-refractivity contribution in [2.75, 3.05) is 18.4 Å². The molecule has 0 bridgehead atoms. The van der Waals surface area contributed by atoms with Crippen molar-refractivity contribution < 1.29 is 29.3 Å². The zero-order chi connectivity index (χ0) is 29.3. The first kappa shape index (κ1) is 26.9. The van der Waals surface area contributed by atoms with Gasteiger partial charge in [0.15, 0.2) is 0 Å². The van der Waals surface area contributed by atoms with E-state index in [0.717, 1.165) is 17.2 Å². The molecule has 3 N–H and O–H groups in total. The highest BCUT2D eigenvalue weighted by Crippen LogP contribution is 3.02. The van der Waals surface area contributed by atoms with Gasteiger partial charge >= 0.3 is 10.2 Å². The largest absolute Gasteiger partial charge is 0.382 e. The highest BCUT2D eigenvalue weighted by Gasteiger charge is 2.66. The molecule has 0 aliphatic carbocycles. The van der Waals surface area contributed by atoms with Crippen LogP contribution in [0.5, 0.6) is 0 Å². The number of aliphatic hydroxyl groups is 1. The number of β-amino-alcohol motifs (C(OH)–C–C–N with tert-alkyl or cyclic N) is 1. The predicted octanol–water partition coefficient (Wildman–Crippen LogP) is 6.20.